The zero-order chi connectivity index (χ0) is 19.7. The van der Waals surface area contributed by atoms with Crippen LogP contribution in [0, 0.1) is 0 Å². The number of hydrogen-bond acceptors (Lipinski definition) is 3. The number of pyridine rings is 1. The highest BCUT2D eigenvalue weighted by molar-refractivity contribution is 6.02. The Morgan fingerprint density at radius 1 is 1.29 bits per heavy atom. The van der Waals surface area contributed by atoms with Gasteiger partial charge in [0.1, 0.15) is 5.52 Å². The first-order valence-electron chi connectivity index (χ1n) is 9.06. The zero-order valence-electron chi connectivity index (χ0n) is 15.3. The van der Waals surface area contributed by atoms with E-state index in [-0.39, 0.29) is 23.3 Å². The van der Waals surface area contributed by atoms with E-state index >= 15 is 0 Å². The molecule has 0 aliphatic carbocycles. The molecule has 1 aliphatic heterocycles. The molecule has 0 unspecified atom stereocenters. The standard InChI is InChI=1S/C20H20F2N4O2/c1-25-11-3-6-15(25)16-7-4-12-26(16)20(27)24-14-8-9-17(28-19(21)22)18-13(14)5-2-10-23-18/h2-3,5-6,8-11,16,19H,4,7,12H2,1H3,(H,24,27)/t16-/m0/s1. The van der Waals surface area contributed by atoms with Crippen molar-refractivity contribution in [2.24, 2.45) is 7.05 Å². The molecule has 0 spiro atoms. The fourth-order valence-electron chi connectivity index (χ4n) is 3.77. The number of aryl methyl sites for hydroxylation is 1. The van der Waals surface area contributed by atoms with E-state index in [2.05, 4.69) is 15.0 Å². The van der Waals surface area contributed by atoms with Gasteiger partial charge in [-0.1, -0.05) is 0 Å². The van der Waals surface area contributed by atoms with Crippen LogP contribution in [0.3, 0.4) is 0 Å². The van der Waals surface area contributed by atoms with Crippen molar-refractivity contribution in [3.8, 4) is 5.75 Å². The number of alkyl halides is 2. The van der Waals surface area contributed by atoms with Gasteiger partial charge in [0.05, 0.1) is 11.7 Å². The number of likely N-dealkylation sites (tertiary alicyclic amines) is 1. The summed E-state index contributed by atoms with van der Waals surface area (Å²) in [5, 5.41) is 3.46. The van der Waals surface area contributed by atoms with E-state index in [1.165, 1.54) is 12.3 Å². The van der Waals surface area contributed by atoms with Crippen LogP contribution in [0.4, 0.5) is 19.3 Å². The lowest BCUT2D eigenvalue weighted by molar-refractivity contribution is -0.0489. The Morgan fingerprint density at radius 3 is 2.89 bits per heavy atom. The van der Waals surface area contributed by atoms with Crippen LogP contribution in [-0.2, 0) is 7.05 Å². The number of ether oxygens (including phenoxy) is 1. The highest BCUT2D eigenvalue weighted by Crippen LogP contribution is 2.34. The predicted molar refractivity (Wildman–Crippen MR) is 101 cm³/mol. The number of nitrogens with one attached hydrogen (secondary N) is 1. The molecule has 4 rings (SSSR count). The Labute approximate surface area is 160 Å². The molecule has 0 bridgehead atoms. The number of benzene rings is 1. The van der Waals surface area contributed by atoms with Crippen molar-refractivity contribution in [1.29, 1.82) is 0 Å². The molecule has 146 valence electrons. The second-order valence-corrected chi connectivity index (χ2v) is 6.71. The fourth-order valence-corrected chi connectivity index (χ4v) is 3.77. The summed E-state index contributed by atoms with van der Waals surface area (Å²) in [4.78, 5) is 18.9. The van der Waals surface area contributed by atoms with E-state index in [1.54, 1.807) is 23.1 Å². The quantitative estimate of drug-likeness (QED) is 0.716. The Kier molecular flexibility index (Phi) is 4.85. The van der Waals surface area contributed by atoms with Gasteiger partial charge in [0, 0.05) is 37.1 Å². The smallest absolute Gasteiger partial charge is 0.387 e. The van der Waals surface area contributed by atoms with Crippen LogP contribution in [0.1, 0.15) is 24.6 Å². The Morgan fingerprint density at radius 2 is 2.14 bits per heavy atom. The number of anilines is 1. The lowest BCUT2D eigenvalue weighted by Crippen LogP contribution is -2.35. The van der Waals surface area contributed by atoms with Crippen LogP contribution in [0.15, 0.2) is 48.8 Å². The molecular formula is C20H20F2N4O2. The molecule has 1 aliphatic rings. The lowest BCUT2D eigenvalue weighted by Gasteiger charge is -2.26. The van der Waals surface area contributed by atoms with Gasteiger partial charge in [-0.15, -0.1) is 0 Å². The number of hydrogen-bond donors (Lipinski definition) is 1. The van der Waals surface area contributed by atoms with E-state index in [4.69, 9.17) is 0 Å². The third-order valence-corrected chi connectivity index (χ3v) is 5.03. The minimum Gasteiger partial charge on any atom is -0.432 e. The number of halogens is 2. The molecule has 0 radical (unpaired) electrons. The molecule has 1 aromatic carbocycles. The van der Waals surface area contributed by atoms with Gasteiger partial charge in [-0.2, -0.15) is 8.78 Å². The number of carbonyl (C=O) groups is 1. The third kappa shape index (κ3) is 3.37. The van der Waals surface area contributed by atoms with Gasteiger partial charge in [0.2, 0.25) is 0 Å². The monoisotopic (exact) mass is 386 g/mol. The van der Waals surface area contributed by atoms with Crippen molar-refractivity contribution in [2.75, 3.05) is 11.9 Å². The summed E-state index contributed by atoms with van der Waals surface area (Å²) >= 11 is 0. The number of rotatable bonds is 4. The predicted octanol–water partition coefficient (Wildman–Crippen LogP) is 4.54. The van der Waals surface area contributed by atoms with Crippen molar-refractivity contribution < 1.29 is 18.3 Å². The van der Waals surface area contributed by atoms with Crippen molar-refractivity contribution in [3.05, 3.63) is 54.5 Å². The van der Waals surface area contributed by atoms with Gasteiger partial charge >= 0.3 is 12.6 Å². The van der Waals surface area contributed by atoms with Gasteiger partial charge < -0.3 is 19.5 Å². The van der Waals surface area contributed by atoms with Gasteiger partial charge in [-0.05, 0) is 49.2 Å². The Hall–Kier alpha value is -3.16. The van der Waals surface area contributed by atoms with Crippen LogP contribution in [-0.4, -0.2) is 33.6 Å². The first kappa shape index (κ1) is 18.2. The highest BCUT2D eigenvalue weighted by atomic mass is 19.3. The Bertz CT molecular complexity index is 1000. The van der Waals surface area contributed by atoms with E-state index in [9.17, 15) is 13.6 Å². The maximum atomic E-state index is 13.0. The molecule has 1 saturated heterocycles. The van der Waals surface area contributed by atoms with E-state index in [0.29, 0.717) is 17.6 Å². The van der Waals surface area contributed by atoms with E-state index < -0.39 is 6.61 Å². The summed E-state index contributed by atoms with van der Waals surface area (Å²) in [6.07, 6.45) is 5.28. The molecule has 0 saturated carbocycles. The third-order valence-electron chi connectivity index (χ3n) is 5.03. The maximum Gasteiger partial charge on any atom is 0.387 e. The average Bonchev–Trinajstić information content (AvgIpc) is 3.31. The topological polar surface area (TPSA) is 59.4 Å². The SMILES string of the molecule is Cn1cccc1[C@@H]1CCCN1C(=O)Nc1ccc(OC(F)F)c2ncccc12. The average molecular weight is 386 g/mol. The van der Waals surface area contributed by atoms with E-state index in [0.717, 1.165) is 18.5 Å². The molecule has 3 heterocycles. The molecule has 1 atom stereocenters. The van der Waals surface area contributed by atoms with Crippen molar-refractivity contribution in [1.82, 2.24) is 14.5 Å². The lowest BCUT2D eigenvalue weighted by atomic mass is 10.1. The summed E-state index contributed by atoms with van der Waals surface area (Å²) in [6.45, 7) is -2.29. The highest BCUT2D eigenvalue weighted by Gasteiger charge is 2.31. The first-order valence-corrected chi connectivity index (χ1v) is 9.06. The number of fused-ring (bicyclic) bond motifs is 1. The minimum atomic E-state index is -2.94. The summed E-state index contributed by atoms with van der Waals surface area (Å²) in [6, 6.07) is 10.1. The molecule has 8 heteroatoms. The normalized spacial score (nSPS) is 16.7. The maximum absolute atomic E-state index is 13.0. The van der Waals surface area contributed by atoms with Crippen LogP contribution in [0.2, 0.25) is 0 Å². The summed E-state index contributed by atoms with van der Waals surface area (Å²) in [5.74, 6) is -0.0218. The van der Waals surface area contributed by atoms with E-state index in [1.807, 2.05) is 29.9 Å². The van der Waals surface area contributed by atoms with Crippen molar-refractivity contribution >= 4 is 22.6 Å². The summed E-state index contributed by atoms with van der Waals surface area (Å²) < 4.78 is 31.9. The molecule has 2 aromatic heterocycles. The molecule has 6 nitrogen and oxygen atoms in total. The van der Waals surface area contributed by atoms with Crippen LogP contribution in [0.5, 0.6) is 5.75 Å². The second-order valence-electron chi connectivity index (χ2n) is 6.71. The van der Waals surface area contributed by atoms with Crippen LogP contribution in [0.25, 0.3) is 10.9 Å². The largest absolute Gasteiger partial charge is 0.432 e. The van der Waals surface area contributed by atoms with Gasteiger partial charge in [0.25, 0.3) is 0 Å². The molecular weight excluding hydrogens is 366 g/mol. The second kappa shape index (κ2) is 7.46. The first-order chi connectivity index (χ1) is 13.5. The zero-order valence-corrected chi connectivity index (χ0v) is 15.3. The van der Waals surface area contributed by atoms with Crippen LogP contribution < -0.4 is 10.1 Å². The minimum absolute atomic E-state index is 0.00540. The molecule has 1 N–H and O–H groups in total. The number of aromatic nitrogens is 2. The molecule has 28 heavy (non-hydrogen) atoms. The molecule has 3 aromatic rings. The van der Waals surface area contributed by atoms with Gasteiger partial charge in [0.15, 0.2) is 5.75 Å². The van der Waals surface area contributed by atoms with Crippen LogP contribution >= 0.6 is 0 Å². The number of amides is 2. The summed E-state index contributed by atoms with van der Waals surface area (Å²) in [5.41, 5.74) is 1.87. The molecule has 1 fully saturated rings. The van der Waals surface area contributed by atoms with Gasteiger partial charge in [-0.25, -0.2) is 4.79 Å². The fraction of sp³-hybridized carbons (Fsp3) is 0.300. The number of nitrogens with zero attached hydrogens (tertiary/aromatic N) is 3. The number of carbonyl (C=O) groups excluding carboxylic acids is 1. The van der Waals surface area contributed by atoms with Gasteiger partial charge in [-0.3, -0.25) is 4.98 Å². The molecule has 2 amide bonds. The Balaban J connectivity index is 1.61. The van der Waals surface area contributed by atoms with Crippen molar-refractivity contribution in [2.45, 2.75) is 25.5 Å². The number of urea groups is 1. The van der Waals surface area contributed by atoms with Crippen molar-refractivity contribution in [3.63, 3.8) is 0 Å². The summed E-state index contributed by atoms with van der Waals surface area (Å²) in [7, 11) is 1.96.